The predicted molar refractivity (Wildman–Crippen MR) is 60.4 cm³/mol. The Kier molecular flexibility index (Phi) is 7.86. The fourth-order valence-electron chi connectivity index (χ4n) is 1.02. The molecule has 3 nitrogen and oxygen atoms in total. The summed E-state index contributed by atoms with van der Waals surface area (Å²) in [4.78, 5) is 10.0. The van der Waals surface area contributed by atoms with E-state index in [9.17, 15) is 4.79 Å². The van der Waals surface area contributed by atoms with Crippen LogP contribution in [0.1, 0.15) is 33.6 Å². The first-order chi connectivity index (χ1) is 7.06. The second-order valence-corrected chi connectivity index (χ2v) is 3.73. The van der Waals surface area contributed by atoms with Crippen molar-refractivity contribution in [3.05, 3.63) is 23.3 Å². The Hall–Kier alpha value is -0.930. The molecular weight excluding hydrogens is 192 g/mol. The molecule has 0 radical (unpaired) electrons. The van der Waals surface area contributed by atoms with E-state index in [1.165, 1.54) is 11.1 Å². The minimum atomic E-state index is -1.30. The van der Waals surface area contributed by atoms with Crippen LogP contribution in [0.25, 0.3) is 0 Å². The van der Waals surface area contributed by atoms with E-state index in [1.807, 2.05) is 13.0 Å². The zero-order valence-corrected chi connectivity index (χ0v) is 9.69. The van der Waals surface area contributed by atoms with E-state index in [1.54, 1.807) is 0 Å². The van der Waals surface area contributed by atoms with E-state index in [4.69, 9.17) is 9.84 Å². The van der Waals surface area contributed by atoms with Crippen LogP contribution in [0.3, 0.4) is 0 Å². The summed E-state index contributed by atoms with van der Waals surface area (Å²) in [5, 5.41) is 8.79. The van der Waals surface area contributed by atoms with Crippen molar-refractivity contribution in [2.75, 3.05) is 6.61 Å². The van der Waals surface area contributed by atoms with Gasteiger partial charge in [-0.25, -0.2) is 0 Å². The number of rotatable bonds is 7. The standard InChI is InChI=1S/C12H20O3/c1-10(2)5-4-6-11(3)7-8-15-12(14)9-13/h5,7,9,12,14H,4,6,8H2,1-3H3/b11-7+. The van der Waals surface area contributed by atoms with Crippen molar-refractivity contribution in [1.29, 1.82) is 0 Å². The van der Waals surface area contributed by atoms with Crippen molar-refractivity contribution in [3.8, 4) is 0 Å². The number of aliphatic hydroxyl groups excluding tert-OH is 1. The molecule has 0 saturated carbocycles. The molecule has 0 heterocycles. The number of allylic oxidation sites excluding steroid dienone is 3. The van der Waals surface area contributed by atoms with E-state index < -0.39 is 6.29 Å². The molecule has 0 aliphatic rings. The van der Waals surface area contributed by atoms with Crippen molar-refractivity contribution in [3.63, 3.8) is 0 Å². The van der Waals surface area contributed by atoms with Crippen LogP contribution in [0, 0.1) is 0 Å². The van der Waals surface area contributed by atoms with Gasteiger partial charge in [0.2, 0.25) is 6.29 Å². The van der Waals surface area contributed by atoms with E-state index in [-0.39, 0.29) is 6.61 Å². The summed E-state index contributed by atoms with van der Waals surface area (Å²) in [6.07, 6.45) is 5.12. The second kappa shape index (κ2) is 8.38. The molecule has 0 aromatic heterocycles. The maximum atomic E-state index is 10.0. The average Bonchev–Trinajstić information content (AvgIpc) is 2.17. The monoisotopic (exact) mass is 212 g/mol. The molecule has 0 rings (SSSR count). The van der Waals surface area contributed by atoms with Gasteiger partial charge < -0.3 is 9.84 Å². The molecule has 0 bridgehead atoms. The Morgan fingerprint density at radius 3 is 2.53 bits per heavy atom. The van der Waals surface area contributed by atoms with E-state index in [0.29, 0.717) is 6.29 Å². The van der Waals surface area contributed by atoms with Gasteiger partial charge in [0.25, 0.3) is 0 Å². The Morgan fingerprint density at radius 2 is 2.00 bits per heavy atom. The minimum Gasteiger partial charge on any atom is -0.362 e. The van der Waals surface area contributed by atoms with E-state index >= 15 is 0 Å². The molecule has 1 unspecified atom stereocenters. The summed E-state index contributed by atoms with van der Waals surface area (Å²) in [7, 11) is 0. The van der Waals surface area contributed by atoms with Crippen LogP contribution < -0.4 is 0 Å². The molecule has 0 saturated heterocycles. The molecule has 0 aliphatic carbocycles. The Labute approximate surface area is 91.4 Å². The van der Waals surface area contributed by atoms with Crippen molar-refractivity contribution in [2.45, 2.75) is 39.9 Å². The second-order valence-electron chi connectivity index (χ2n) is 3.73. The van der Waals surface area contributed by atoms with Gasteiger partial charge in [-0.3, -0.25) is 4.79 Å². The first kappa shape index (κ1) is 14.1. The van der Waals surface area contributed by atoms with E-state index in [0.717, 1.165) is 12.8 Å². The third kappa shape index (κ3) is 9.38. The Bertz CT molecular complexity index is 237. The molecule has 0 amide bonds. The van der Waals surface area contributed by atoms with Crippen molar-refractivity contribution in [2.24, 2.45) is 0 Å². The summed E-state index contributed by atoms with van der Waals surface area (Å²) in [5.74, 6) is 0. The molecule has 0 aromatic carbocycles. The van der Waals surface area contributed by atoms with Gasteiger partial charge >= 0.3 is 0 Å². The quantitative estimate of drug-likeness (QED) is 0.400. The molecule has 1 N–H and O–H groups in total. The van der Waals surface area contributed by atoms with Gasteiger partial charge in [-0.2, -0.15) is 0 Å². The summed E-state index contributed by atoms with van der Waals surface area (Å²) in [5.41, 5.74) is 2.51. The fraction of sp³-hybridized carbons (Fsp3) is 0.583. The van der Waals surface area contributed by atoms with Crippen LogP contribution in [-0.4, -0.2) is 24.3 Å². The van der Waals surface area contributed by atoms with Crippen molar-refractivity contribution >= 4 is 6.29 Å². The number of hydrogen-bond donors (Lipinski definition) is 1. The average molecular weight is 212 g/mol. The topological polar surface area (TPSA) is 46.5 Å². The third-order valence-electron chi connectivity index (χ3n) is 1.91. The van der Waals surface area contributed by atoms with Gasteiger partial charge in [-0.05, 0) is 33.6 Å². The molecule has 3 heteroatoms. The Morgan fingerprint density at radius 1 is 1.33 bits per heavy atom. The molecule has 15 heavy (non-hydrogen) atoms. The van der Waals surface area contributed by atoms with Gasteiger partial charge in [0.05, 0.1) is 6.61 Å². The molecule has 0 aromatic rings. The zero-order chi connectivity index (χ0) is 11.7. The van der Waals surface area contributed by atoms with Crippen LogP contribution in [0.4, 0.5) is 0 Å². The third-order valence-corrected chi connectivity index (χ3v) is 1.91. The van der Waals surface area contributed by atoms with Crippen LogP contribution >= 0.6 is 0 Å². The lowest BCUT2D eigenvalue weighted by Crippen LogP contribution is -2.12. The van der Waals surface area contributed by atoms with Gasteiger partial charge in [-0.1, -0.05) is 23.3 Å². The number of ether oxygens (including phenoxy) is 1. The highest BCUT2D eigenvalue weighted by molar-refractivity contribution is 5.53. The smallest absolute Gasteiger partial charge is 0.212 e. The van der Waals surface area contributed by atoms with E-state index in [2.05, 4.69) is 19.9 Å². The van der Waals surface area contributed by atoms with Crippen LogP contribution in [-0.2, 0) is 9.53 Å². The van der Waals surface area contributed by atoms with Crippen molar-refractivity contribution < 1.29 is 14.6 Å². The zero-order valence-electron chi connectivity index (χ0n) is 9.69. The normalized spacial score (nSPS) is 13.5. The maximum Gasteiger partial charge on any atom is 0.212 e. The molecular formula is C12H20O3. The number of carbonyl (C=O) groups excluding carboxylic acids is 1. The van der Waals surface area contributed by atoms with Gasteiger partial charge in [0, 0.05) is 0 Å². The summed E-state index contributed by atoms with van der Waals surface area (Å²) >= 11 is 0. The molecule has 1 atom stereocenters. The van der Waals surface area contributed by atoms with Gasteiger partial charge in [0.1, 0.15) is 0 Å². The minimum absolute atomic E-state index is 0.278. The lowest BCUT2D eigenvalue weighted by molar-refractivity contribution is -0.139. The highest BCUT2D eigenvalue weighted by Gasteiger charge is 1.97. The number of aldehydes is 1. The highest BCUT2D eigenvalue weighted by Crippen LogP contribution is 2.06. The predicted octanol–water partition coefficient (Wildman–Crippen LogP) is 2.21. The highest BCUT2D eigenvalue weighted by atomic mass is 16.6. The number of aliphatic hydroxyl groups is 1. The van der Waals surface area contributed by atoms with Crippen LogP contribution in [0.2, 0.25) is 0 Å². The summed E-state index contributed by atoms with van der Waals surface area (Å²) in [6.45, 7) is 6.43. The van der Waals surface area contributed by atoms with Gasteiger partial charge in [0.15, 0.2) is 6.29 Å². The molecule has 0 spiro atoms. The molecule has 86 valence electrons. The first-order valence-corrected chi connectivity index (χ1v) is 5.10. The molecule has 0 aliphatic heterocycles. The van der Waals surface area contributed by atoms with Crippen molar-refractivity contribution in [1.82, 2.24) is 0 Å². The summed E-state index contributed by atoms with van der Waals surface area (Å²) < 4.78 is 4.78. The van der Waals surface area contributed by atoms with Crippen LogP contribution in [0.15, 0.2) is 23.3 Å². The summed E-state index contributed by atoms with van der Waals surface area (Å²) in [6, 6.07) is 0. The lowest BCUT2D eigenvalue weighted by atomic mass is 10.1. The largest absolute Gasteiger partial charge is 0.362 e. The lowest BCUT2D eigenvalue weighted by Gasteiger charge is -2.03. The SMILES string of the molecule is CC(C)=CCC/C(C)=C/COC(O)C=O. The number of hydrogen-bond acceptors (Lipinski definition) is 3. The van der Waals surface area contributed by atoms with Crippen LogP contribution in [0.5, 0.6) is 0 Å². The van der Waals surface area contributed by atoms with Gasteiger partial charge in [-0.15, -0.1) is 0 Å². The fourth-order valence-corrected chi connectivity index (χ4v) is 1.02. The Balaban J connectivity index is 3.70. The number of carbonyl (C=O) groups is 1. The first-order valence-electron chi connectivity index (χ1n) is 5.10. The maximum absolute atomic E-state index is 10.0. The molecule has 0 fully saturated rings.